The van der Waals surface area contributed by atoms with E-state index >= 15 is 0 Å². The van der Waals surface area contributed by atoms with Crippen LogP contribution in [0, 0.1) is 0 Å². The van der Waals surface area contributed by atoms with E-state index in [-0.39, 0.29) is 11.8 Å². The van der Waals surface area contributed by atoms with E-state index in [1.807, 2.05) is 42.5 Å². The van der Waals surface area contributed by atoms with Gasteiger partial charge in [-0.25, -0.2) is 9.97 Å². The summed E-state index contributed by atoms with van der Waals surface area (Å²) in [5.74, 6) is 0.648. The number of carbonyl (C=O) groups excluding carboxylic acids is 2. The van der Waals surface area contributed by atoms with Gasteiger partial charge in [-0.15, -0.1) is 11.3 Å². The van der Waals surface area contributed by atoms with Crippen molar-refractivity contribution < 1.29 is 9.59 Å². The van der Waals surface area contributed by atoms with Gasteiger partial charge in [0.1, 0.15) is 5.69 Å². The highest BCUT2D eigenvalue weighted by atomic mass is 32.2. The summed E-state index contributed by atoms with van der Waals surface area (Å²) < 4.78 is 2.24. The fourth-order valence-corrected chi connectivity index (χ4v) is 5.69. The summed E-state index contributed by atoms with van der Waals surface area (Å²) in [6.45, 7) is 1.97. The van der Waals surface area contributed by atoms with E-state index in [0.29, 0.717) is 37.4 Å². The van der Waals surface area contributed by atoms with Crippen molar-refractivity contribution in [1.82, 2.24) is 24.8 Å². The molecular weight excluding hydrogens is 454 g/mol. The number of hydrogen-bond acceptors (Lipinski definition) is 7. The number of nitrogens with zero attached hydrogens (tertiary/aromatic N) is 5. The van der Waals surface area contributed by atoms with Gasteiger partial charge in [-0.05, 0) is 29.8 Å². The van der Waals surface area contributed by atoms with E-state index in [4.69, 9.17) is 0 Å². The zero-order valence-electron chi connectivity index (χ0n) is 17.8. The summed E-state index contributed by atoms with van der Waals surface area (Å²) in [6, 6.07) is 15.9. The summed E-state index contributed by atoms with van der Waals surface area (Å²) >= 11 is 3.41. The van der Waals surface area contributed by atoms with Crippen molar-refractivity contribution in [2.75, 3.05) is 26.2 Å². The molecule has 1 aliphatic heterocycles. The third kappa shape index (κ3) is 4.89. The van der Waals surface area contributed by atoms with Crippen LogP contribution in [0.4, 0.5) is 0 Å². The normalized spacial score (nSPS) is 13.9. The van der Waals surface area contributed by atoms with Gasteiger partial charge < -0.3 is 9.80 Å². The van der Waals surface area contributed by atoms with Crippen molar-refractivity contribution in [2.45, 2.75) is 10.1 Å². The fourth-order valence-electron chi connectivity index (χ4n) is 3.67. The van der Waals surface area contributed by atoms with Gasteiger partial charge in [0.15, 0.2) is 4.34 Å². The Morgan fingerprint density at radius 2 is 1.64 bits per heavy atom. The van der Waals surface area contributed by atoms with Crippen molar-refractivity contribution in [2.24, 2.45) is 0 Å². The lowest BCUT2D eigenvalue weighted by Crippen LogP contribution is -2.50. The standard InChI is InChI=1S/C24H21N5O2S2/c30-22(28-11-13-29(14-12-28)23(31)20-15-25-9-10-26-20)18-7-5-17(6-8-18)16-32-24-27-19-3-1-2-4-21(19)33-24/h1-10,15H,11-14,16H2. The fraction of sp³-hybridized carbons (Fsp3) is 0.208. The van der Waals surface area contributed by atoms with Crippen molar-refractivity contribution in [3.63, 3.8) is 0 Å². The minimum absolute atomic E-state index is 0.00743. The first-order chi connectivity index (χ1) is 16.2. The lowest BCUT2D eigenvalue weighted by Gasteiger charge is -2.34. The number of rotatable bonds is 5. The Hall–Kier alpha value is -3.30. The van der Waals surface area contributed by atoms with Crippen molar-refractivity contribution in [1.29, 1.82) is 0 Å². The van der Waals surface area contributed by atoms with Crippen molar-refractivity contribution >= 4 is 45.1 Å². The first kappa shape index (κ1) is 21.5. The number of hydrogen-bond donors (Lipinski definition) is 0. The number of thioether (sulfide) groups is 1. The Bertz CT molecular complexity index is 1240. The molecule has 2 amide bonds. The molecule has 1 saturated heterocycles. The number of carbonyl (C=O) groups is 2. The van der Waals surface area contributed by atoms with Gasteiger partial charge in [0, 0.05) is 49.9 Å². The Morgan fingerprint density at radius 1 is 0.909 bits per heavy atom. The van der Waals surface area contributed by atoms with Crippen LogP contribution in [0.15, 0.2) is 71.5 Å². The quantitative estimate of drug-likeness (QED) is 0.406. The van der Waals surface area contributed by atoms with E-state index in [1.54, 1.807) is 32.9 Å². The molecule has 3 heterocycles. The zero-order chi connectivity index (χ0) is 22.6. The topological polar surface area (TPSA) is 79.3 Å². The smallest absolute Gasteiger partial charge is 0.274 e. The molecule has 0 N–H and O–H groups in total. The lowest BCUT2D eigenvalue weighted by atomic mass is 10.1. The molecule has 166 valence electrons. The maximum absolute atomic E-state index is 12.9. The SMILES string of the molecule is O=C(c1ccc(CSc2nc3ccccc3s2)cc1)N1CCN(C(=O)c2cnccn2)CC1. The van der Waals surface area contributed by atoms with E-state index in [2.05, 4.69) is 21.0 Å². The Balaban J connectivity index is 1.15. The number of amides is 2. The van der Waals surface area contributed by atoms with Crippen LogP contribution < -0.4 is 0 Å². The minimum atomic E-state index is -0.148. The molecule has 0 unspecified atom stereocenters. The number of piperazine rings is 1. The highest BCUT2D eigenvalue weighted by molar-refractivity contribution is 8.00. The maximum Gasteiger partial charge on any atom is 0.274 e. The molecule has 0 spiro atoms. The molecule has 1 fully saturated rings. The van der Waals surface area contributed by atoms with Crippen LogP contribution in [-0.2, 0) is 5.75 Å². The second-order valence-electron chi connectivity index (χ2n) is 7.61. The molecular formula is C24H21N5O2S2. The van der Waals surface area contributed by atoms with E-state index in [9.17, 15) is 9.59 Å². The van der Waals surface area contributed by atoms with Crippen LogP contribution in [0.2, 0.25) is 0 Å². The maximum atomic E-state index is 12.9. The Kier molecular flexibility index (Phi) is 6.32. The van der Waals surface area contributed by atoms with Crippen LogP contribution in [-0.4, -0.2) is 62.7 Å². The summed E-state index contributed by atoms with van der Waals surface area (Å²) in [4.78, 5) is 41.6. The monoisotopic (exact) mass is 475 g/mol. The van der Waals surface area contributed by atoms with Crippen LogP contribution in [0.25, 0.3) is 10.2 Å². The van der Waals surface area contributed by atoms with Gasteiger partial charge in [-0.3, -0.25) is 14.6 Å². The van der Waals surface area contributed by atoms with Crippen LogP contribution in [0.5, 0.6) is 0 Å². The molecule has 0 atom stereocenters. The molecule has 0 aliphatic carbocycles. The van der Waals surface area contributed by atoms with Gasteiger partial charge in [0.25, 0.3) is 11.8 Å². The molecule has 7 nitrogen and oxygen atoms in total. The molecule has 0 bridgehead atoms. The molecule has 0 radical (unpaired) electrons. The van der Waals surface area contributed by atoms with Crippen molar-refractivity contribution in [3.8, 4) is 0 Å². The van der Waals surface area contributed by atoms with Gasteiger partial charge in [0.2, 0.25) is 0 Å². The van der Waals surface area contributed by atoms with Crippen LogP contribution >= 0.6 is 23.1 Å². The number of benzene rings is 2. The largest absolute Gasteiger partial charge is 0.335 e. The van der Waals surface area contributed by atoms with Crippen LogP contribution in [0.1, 0.15) is 26.4 Å². The van der Waals surface area contributed by atoms with E-state index in [0.717, 1.165) is 21.2 Å². The zero-order valence-corrected chi connectivity index (χ0v) is 19.4. The molecule has 2 aromatic carbocycles. The number of para-hydroxylation sites is 1. The average molecular weight is 476 g/mol. The Labute approximate surface area is 199 Å². The highest BCUT2D eigenvalue weighted by Crippen LogP contribution is 2.31. The molecule has 0 saturated carbocycles. The average Bonchev–Trinajstić information content (AvgIpc) is 3.31. The van der Waals surface area contributed by atoms with Gasteiger partial charge in [0.05, 0.1) is 16.4 Å². The van der Waals surface area contributed by atoms with E-state index < -0.39 is 0 Å². The first-order valence-electron chi connectivity index (χ1n) is 10.6. The van der Waals surface area contributed by atoms with E-state index in [1.165, 1.54) is 23.3 Å². The molecule has 33 heavy (non-hydrogen) atoms. The molecule has 9 heteroatoms. The highest BCUT2D eigenvalue weighted by Gasteiger charge is 2.26. The summed E-state index contributed by atoms with van der Waals surface area (Å²) in [7, 11) is 0. The molecule has 1 aliphatic rings. The number of aromatic nitrogens is 3. The minimum Gasteiger partial charge on any atom is -0.335 e. The molecule has 2 aromatic heterocycles. The summed E-state index contributed by atoms with van der Waals surface area (Å²) in [5.41, 5.74) is 3.17. The second-order valence-corrected chi connectivity index (χ2v) is 9.86. The Morgan fingerprint density at radius 3 is 2.33 bits per heavy atom. The predicted molar refractivity (Wildman–Crippen MR) is 129 cm³/mol. The first-order valence-corrected chi connectivity index (χ1v) is 12.4. The molecule has 5 rings (SSSR count). The predicted octanol–water partition coefficient (Wildman–Crippen LogP) is 3.98. The third-order valence-corrected chi connectivity index (χ3v) is 7.72. The summed E-state index contributed by atoms with van der Waals surface area (Å²) in [6.07, 6.45) is 4.52. The second kappa shape index (κ2) is 9.68. The lowest BCUT2D eigenvalue weighted by molar-refractivity contribution is 0.0532. The summed E-state index contributed by atoms with van der Waals surface area (Å²) in [5, 5.41) is 0. The van der Waals surface area contributed by atoms with Gasteiger partial charge in [-0.1, -0.05) is 36.0 Å². The van der Waals surface area contributed by atoms with Gasteiger partial charge in [-0.2, -0.15) is 0 Å². The van der Waals surface area contributed by atoms with Crippen LogP contribution in [0.3, 0.4) is 0 Å². The number of thiazole rings is 1. The number of fused-ring (bicyclic) bond motifs is 1. The molecule has 4 aromatic rings. The third-order valence-electron chi connectivity index (χ3n) is 5.47. The van der Waals surface area contributed by atoms with Crippen molar-refractivity contribution in [3.05, 3.63) is 83.9 Å². The van der Waals surface area contributed by atoms with Gasteiger partial charge >= 0.3 is 0 Å².